The van der Waals surface area contributed by atoms with Crippen molar-refractivity contribution in [3.63, 3.8) is 0 Å². The molecule has 1 radical (unpaired) electrons. The van der Waals surface area contributed by atoms with Gasteiger partial charge in [-0.2, -0.15) is 0 Å². The minimum atomic E-state index is -0.393. The molecule has 1 N–H and O–H groups in total. The van der Waals surface area contributed by atoms with Crippen molar-refractivity contribution in [2.75, 3.05) is 0 Å². The van der Waals surface area contributed by atoms with Crippen LogP contribution in [-0.4, -0.2) is 20.9 Å². The topological polar surface area (TPSA) is 63.1 Å². The summed E-state index contributed by atoms with van der Waals surface area (Å²) < 4.78 is 0. The number of ketones is 1. The van der Waals surface area contributed by atoms with Crippen molar-refractivity contribution >= 4 is 27.5 Å². The molecule has 0 unspecified atom stereocenters. The first-order valence-electron chi connectivity index (χ1n) is 16.1. The number of rotatable bonds is 4. The van der Waals surface area contributed by atoms with Gasteiger partial charge in [0.25, 0.3) is 0 Å². The summed E-state index contributed by atoms with van der Waals surface area (Å²) in [6.07, 6.45) is 8.96. The van der Waals surface area contributed by atoms with Gasteiger partial charge < -0.3 is 5.11 Å². The SMILES string of the molecule is CC(C)(C)C(=O)/C=C(\O)C12CC3CC(CC(C3)C1)C2.Cc1cc2c(-c3[c-]cccc3)nc(C(C)C)nc2c2ccccc12.[Ir]. The van der Waals surface area contributed by atoms with Crippen molar-refractivity contribution in [2.45, 2.75) is 86.0 Å². The Bertz CT molecular complexity index is 1670. The van der Waals surface area contributed by atoms with Crippen LogP contribution in [0.1, 0.15) is 90.4 Å². The molecule has 0 aliphatic heterocycles. The van der Waals surface area contributed by atoms with E-state index >= 15 is 0 Å². The van der Waals surface area contributed by atoms with Gasteiger partial charge in [-0.25, -0.2) is 4.98 Å². The van der Waals surface area contributed by atoms with E-state index in [1.807, 2.05) is 39.0 Å². The van der Waals surface area contributed by atoms with E-state index in [1.165, 1.54) is 35.6 Å². The predicted molar refractivity (Wildman–Crippen MR) is 176 cm³/mol. The molecule has 1 heterocycles. The van der Waals surface area contributed by atoms with Gasteiger partial charge in [0.1, 0.15) is 11.6 Å². The molecule has 8 rings (SSSR count). The molecule has 0 atom stereocenters. The van der Waals surface area contributed by atoms with E-state index in [-0.39, 0.29) is 37.2 Å². The molecule has 0 saturated heterocycles. The number of benzene rings is 3. The molecule has 4 aliphatic rings. The number of fused-ring (bicyclic) bond motifs is 3. The average Bonchev–Trinajstić information content (AvgIpc) is 2.96. The van der Waals surface area contributed by atoms with Gasteiger partial charge in [0.15, 0.2) is 5.78 Å². The van der Waals surface area contributed by atoms with Crippen LogP contribution in [0.3, 0.4) is 0 Å². The zero-order chi connectivity index (χ0) is 30.5. The van der Waals surface area contributed by atoms with Crippen LogP contribution in [0.25, 0.3) is 32.9 Å². The second kappa shape index (κ2) is 12.5. The second-order valence-corrected chi connectivity index (χ2v) is 14.8. The van der Waals surface area contributed by atoms with E-state index in [1.54, 1.807) is 6.08 Å². The molecule has 3 aromatic carbocycles. The van der Waals surface area contributed by atoms with E-state index < -0.39 is 5.41 Å². The first-order valence-corrected chi connectivity index (χ1v) is 16.1. The maximum absolute atomic E-state index is 12.1. The maximum atomic E-state index is 12.1. The van der Waals surface area contributed by atoms with Crippen LogP contribution in [0.15, 0.2) is 66.4 Å². The summed E-state index contributed by atoms with van der Waals surface area (Å²) in [5.74, 6) is 4.00. The van der Waals surface area contributed by atoms with E-state index in [0.717, 1.165) is 65.0 Å². The Balaban J connectivity index is 0.000000175. The number of aromatic nitrogens is 2. The molecule has 4 aromatic rings. The van der Waals surface area contributed by atoms with E-state index in [2.05, 4.69) is 63.2 Å². The van der Waals surface area contributed by atoms with Crippen LogP contribution < -0.4 is 0 Å². The summed E-state index contributed by atoms with van der Waals surface area (Å²) in [5, 5.41) is 14.1. The van der Waals surface area contributed by atoms with Crippen LogP contribution in [0.5, 0.6) is 0 Å². The molecule has 44 heavy (non-hydrogen) atoms. The molecule has 4 fully saturated rings. The molecule has 4 nitrogen and oxygen atoms in total. The Morgan fingerprint density at radius 2 is 1.52 bits per heavy atom. The maximum Gasteiger partial charge on any atom is 0.164 e. The average molecular weight is 766 g/mol. The third-order valence-electron chi connectivity index (χ3n) is 10.0. The van der Waals surface area contributed by atoms with Crippen molar-refractivity contribution in [1.82, 2.24) is 9.97 Å². The van der Waals surface area contributed by atoms with Crippen molar-refractivity contribution in [1.29, 1.82) is 0 Å². The number of aliphatic hydroxyl groups is 1. The summed E-state index contributed by atoms with van der Waals surface area (Å²) in [6, 6.07) is 22.0. The number of nitrogens with zero attached hydrogens (tertiary/aromatic N) is 2. The Morgan fingerprint density at radius 1 is 0.932 bits per heavy atom. The normalized spacial score (nSPS) is 24.2. The van der Waals surface area contributed by atoms with Gasteiger partial charge in [-0.1, -0.05) is 65.0 Å². The standard InChI is InChI=1S/C22H19N2.C17H26O2.Ir/c1-14(2)22-23-20(16-9-5-4-6-10-16)19-13-15(3)17-11-7-8-12-18(17)21(19)24-22;1-16(2,3)14(18)7-15(19)17-8-11-4-12(9-17)6-13(5-11)10-17;/h4-9,11-14H,1-3H3;7,11-13,19H,4-6,8-10H2,1-3H3;/q-1;;/b;15-7-;. The van der Waals surface area contributed by atoms with Crippen molar-refractivity contribution in [3.05, 3.63) is 83.9 Å². The Hall–Kier alpha value is -2.88. The minimum Gasteiger partial charge on any atom is -0.512 e. The van der Waals surface area contributed by atoms with Crippen LogP contribution >= 0.6 is 0 Å². The Morgan fingerprint density at radius 3 is 2.07 bits per heavy atom. The van der Waals surface area contributed by atoms with E-state index in [4.69, 9.17) is 9.97 Å². The summed E-state index contributed by atoms with van der Waals surface area (Å²) in [5.41, 5.74) is 3.82. The largest absolute Gasteiger partial charge is 0.512 e. The first kappa shape index (κ1) is 32.5. The quantitative estimate of drug-likeness (QED) is 0.0973. The van der Waals surface area contributed by atoms with Crippen molar-refractivity contribution in [2.24, 2.45) is 28.6 Å². The fourth-order valence-corrected chi connectivity index (χ4v) is 8.08. The summed E-state index contributed by atoms with van der Waals surface area (Å²) >= 11 is 0. The number of carbonyl (C=O) groups is 1. The number of hydrogen-bond donors (Lipinski definition) is 1. The summed E-state index contributed by atoms with van der Waals surface area (Å²) in [7, 11) is 0. The van der Waals surface area contributed by atoms with Gasteiger partial charge in [-0.05, 0) is 85.2 Å². The smallest absolute Gasteiger partial charge is 0.164 e. The van der Waals surface area contributed by atoms with Crippen molar-refractivity contribution in [3.8, 4) is 11.3 Å². The zero-order valence-electron chi connectivity index (χ0n) is 26.9. The van der Waals surface area contributed by atoms with Gasteiger partial charge in [0, 0.05) is 48.3 Å². The Labute approximate surface area is 276 Å². The van der Waals surface area contributed by atoms with Crippen LogP contribution in [0, 0.1) is 41.6 Å². The van der Waals surface area contributed by atoms with Gasteiger partial charge in [0.05, 0.1) is 5.52 Å². The predicted octanol–water partition coefficient (Wildman–Crippen LogP) is 9.94. The molecule has 0 spiro atoms. The molecular formula is C39H45IrN2O2-. The third-order valence-corrected chi connectivity index (χ3v) is 10.0. The molecule has 4 bridgehead atoms. The molecule has 5 heteroatoms. The Kier molecular flexibility index (Phi) is 9.23. The number of allylic oxidation sites excluding steroid dienone is 2. The molecule has 4 saturated carbocycles. The number of hydrogen-bond acceptors (Lipinski definition) is 4. The number of carbonyl (C=O) groups excluding carboxylic acids is 1. The summed E-state index contributed by atoms with van der Waals surface area (Å²) in [4.78, 5) is 21.9. The molecule has 4 aliphatic carbocycles. The van der Waals surface area contributed by atoms with Gasteiger partial charge >= 0.3 is 0 Å². The fraction of sp³-hybridized carbons (Fsp3) is 0.462. The molecule has 233 valence electrons. The minimum absolute atomic E-state index is 0. The fourth-order valence-electron chi connectivity index (χ4n) is 8.08. The number of aryl methyl sites for hydroxylation is 1. The van der Waals surface area contributed by atoms with Crippen LogP contribution in [-0.2, 0) is 24.9 Å². The summed E-state index contributed by atoms with van der Waals surface area (Å²) in [6.45, 7) is 12.2. The first-order chi connectivity index (χ1) is 20.4. The van der Waals surface area contributed by atoms with E-state index in [9.17, 15) is 9.90 Å². The molecule has 1 aromatic heterocycles. The monoisotopic (exact) mass is 766 g/mol. The number of aliphatic hydroxyl groups excluding tert-OH is 1. The molecular weight excluding hydrogens is 721 g/mol. The second-order valence-electron chi connectivity index (χ2n) is 14.8. The molecule has 0 amide bonds. The zero-order valence-corrected chi connectivity index (χ0v) is 29.3. The van der Waals surface area contributed by atoms with Gasteiger partial charge in [-0.15, -0.1) is 35.9 Å². The van der Waals surface area contributed by atoms with Gasteiger partial charge in [-0.3, -0.25) is 9.78 Å². The van der Waals surface area contributed by atoms with Crippen LogP contribution in [0.4, 0.5) is 0 Å². The van der Waals surface area contributed by atoms with Crippen molar-refractivity contribution < 1.29 is 30.0 Å². The van der Waals surface area contributed by atoms with Gasteiger partial charge in [0.2, 0.25) is 0 Å². The third kappa shape index (κ3) is 6.28. The van der Waals surface area contributed by atoms with Crippen LogP contribution in [0.2, 0.25) is 0 Å². The van der Waals surface area contributed by atoms with E-state index in [0.29, 0.717) is 5.76 Å².